The Labute approximate surface area is 211 Å². The summed E-state index contributed by atoms with van der Waals surface area (Å²) in [4.78, 5) is 50.6. The highest BCUT2D eigenvalue weighted by Gasteiger charge is 2.35. The number of methoxy groups -OCH3 is 1. The van der Waals surface area contributed by atoms with Gasteiger partial charge in [-0.1, -0.05) is 30.3 Å². The van der Waals surface area contributed by atoms with E-state index in [1.807, 2.05) is 0 Å². The molecule has 3 N–H and O–H groups in total. The zero-order valence-corrected chi connectivity index (χ0v) is 20.4. The van der Waals surface area contributed by atoms with E-state index in [1.54, 1.807) is 25.2 Å². The summed E-state index contributed by atoms with van der Waals surface area (Å²) in [5.74, 6) is -3.82. The summed E-state index contributed by atoms with van der Waals surface area (Å²) in [6.07, 6.45) is 5.32. The van der Waals surface area contributed by atoms with Crippen molar-refractivity contribution < 1.29 is 33.4 Å². The maximum atomic E-state index is 14.2. The molecule has 11 heteroatoms. The van der Waals surface area contributed by atoms with Crippen LogP contribution in [-0.2, 0) is 14.3 Å². The summed E-state index contributed by atoms with van der Waals surface area (Å²) < 4.78 is 19.4. The first-order valence-corrected chi connectivity index (χ1v) is 11.5. The van der Waals surface area contributed by atoms with Crippen LogP contribution in [0.4, 0.5) is 9.18 Å². The van der Waals surface area contributed by atoms with Gasteiger partial charge in [-0.15, -0.1) is 0 Å². The smallest absolute Gasteiger partial charge is 0.338 e. The lowest BCUT2D eigenvalue weighted by Gasteiger charge is -2.25. The molecule has 1 heterocycles. The second-order valence-corrected chi connectivity index (χ2v) is 8.60. The predicted molar refractivity (Wildman–Crippen MR) is 128 cm³/mol. The number of benzene rings is 1. The minimum Gasteiger partial charge on any atom is -0.489 e. The number of ether oxygens (including phenoxy) is 1. The molecule has 2 aliphatic rings. The van der Waals surface area contributed by atoms with Gasteiger partial charge in [-0.2, -0.15) is 0 Å². The number of amides is 4. The Kier molecular flexibility index (Phi) is 8.68. The maximum Gasteiger partial charge on any atom is 0.338 e. The van der Waals surface area contributed by atoms with Crippen LogP contribution in [0.3, 0.4) is 0 Å². The van der Waals surface area contributed by atoms with Crippen LogP contribution in [0, 0.1) is 11.7 Å². The number of carboxylic acid groups (broad SMARTS) is 1. The number of allylic oxidation sites excluding steroid dienone is 4. The Balaban J connectivity index is 1.82. The van der Waals surface area contributed by atoms with E-state index in [9.17, 15) is 23.6 Å². The topological polar surface area (TPSA) is 125 Å². The van der Waals surface area contributed by atoms with E-state index in [0.29, 0.717) is 28.3 Å². The number of hydrogen-bond donors (Lipinski definition) is 3. The highest BCUT2D eigenvalue weighted by atomic mass is 35.5. The number of nitrogens with one attached hydrogen (secondary N) is 2. The molecule has 0 bridgehead atoms. The first-order valence-electron chi connectivity index (χ1n) is 11.1. The number of aromatic carboxylic acids is 1. The molecule has 0 aromatic heterocycles. The molecule has 0 radical (unpaired) electrons. The number of rotatable bonds is 7. The molecular formula is C25H25ClFN3O6. The van der Waals surface area contributed by atoms with Crippen LogP contribution in [0.5, 0.6) is 0 Å². The average molecular weight is 518 g/mol. The van der Waals surface area contributed by atoms with Gasteiger partial charge >= 0.3 is 12.0 Å². The molecule has 1 aromatic carbocycles. The van der Waals surface area contributed by atoms with Crippen LogP contribution in [0.15, 0.2) is 58.5 Å². The number of carbonyl (C=O) groups is 4. The van der Waals surface area contributed by atoms with Gasteiger partial charge in [0.15, 0.2) is 5.76 Å². The molecule has 1 aliphatic carbocycles. The van der Waals surface area contributed by atoms with Crippen LogP contribution in [0.2, 0.25) is 0 Å². The molecule has 3 rings (SSSR count). The summed E-state index contributed by atoms with van der Waals surface area (Å²) >= 11 is 6.15. The molecular weight excluding hydrogens is 493 g/mol. The molecule has 2 atom stereocenters. The van der Waals surface area contributed by atoms with Gasteiger partial charge in [-0.3, -0.25) is 14.5 Å². The standard InChI is InChI=1S/C25H25ClFN3O6/c1-3-21(15-4-7-19(24(33)34)20(27)11-15)29-25(35)30-13-22(31)28-12-16(23(30)32)8-14-9-17(26)5-6-18(10-14)36-2/h4-7,9,11,16,21H,3,8,12-13H2,1-2H3,(H,28,31)(H,29,35)(H,33,34)/t16-,21?/m1/s1. The second-order valence-electron chi connectivity index (χ2n) is 8.17. The van der Waals surface area contributed by atoms with Crippen LogP contribution in [-0.4, -0.2) is 54.0 Å². The number of carbonyl (C=O) groups excluding carboxylic acids is 3. The number of urea groups is 1. The Morgan fingerprint density at radius 1 is 1.36 bits per heavy atom. The minimum absolute atomic E-state index is 0.00684. The van der Waals surface area contributed by atoms with Crippen LogP contribution < -0.4 is 10.6 Å². The number of halogens is 2. The fraction of sp³-hybridized carbons (Fsp3) is 0.320. The molecule has 1 aromatic rings. The van der Waals surface area contributed by atoms with Gasteiger partial charge in [0.05, 0.1) is 24.6 Å². The van der Waals surface area contributed by atoms with Crippen molar-refractivity contribution in [2.75, 3.05) is 20.2 Å². The molecule has 1 unspecified atom stereocenters. The maximum absolute atomic E-state index is 14.2. The summed E-state index contributed by atoms with van der Waals surface area (Å²) in [5.41, 5.74) is 3.40. The van der Waals surface area contributed by atoms with E-state index in [4.69, 9.17) is 21.4 Å². The van der Waals surface area contributed by atoms with Crippen molar-refractivity contribution in [2.24, 2.45) is 5.92 Å². The fourth-order valence-electron chi connectivity index (χ4n) is 3.82. The summed E-state index contributed by atoms with van der Waals surface area (Å²) in [6.45, 7) is 1.25. The van der Waals surface area contributed by atoms with E-state index in [0.717, 1.165) is 17.0 Å². The summed E-state index contributed by atoms with van der Waals surface area (Å²) in [7, 11) is 1.47. The van der Waals surface area contributed by atoms with E-state index < -0.39 is 53.7 Å². The van der Waals surface area contributed by atoms with Gasteiger partial charge in [0.2, 0.25) is 11.8 Å². The Morgan fingerprint density at radius 3 is 2.75 bits per heavy atom. The summed E-state index contributed by atoms with van der Waals surface area (Å²) in [6, 6.07) is 1.98. The van der Waals surface area contributed by atoms with Gasteiger partial charge < -0.3 is 20.5 Å². The SMILES string of the molecule is CCC(NC(=O)N1CC(=O)NC[C@@H](CC2=C=C(OC)C=CC(Cl)=C2)C1=O)c1ccc(C(=O)O)c(F)c1. The lowest BCUT2D eigenvalue weighted by Crippen LogP contribution is -2.48. The van der Waals surface area contributed by atoms with Gasteiger partial charge in [-0.05, 0) is 48.8 Å². The number of nitrogens with zero attached hydrogens (tertiary/aromatic N) is 1. The van der Waals surface area contributed by atoms with Gasteiger partial charge in [0, 0.05) is 17.2 Å². The zero-order valence-electron chi connectivity index (χ0n) is 19.6. The van der Waals surface area contributed by atoms with Crippen molar-refractivity contribution in [3.05, 3.63) is 75.5 Å². The monoisotopic (exact) mass is 517 g/mol. The zero-order chi connectivity index (χ0) is 26.4. The number of imide groups is 1. The van der Waals surface area contributed by atoms with Gasteiger partial charge in [0.1, 0.15) is 12.4 Å². The van der Waals surface area contributed by atoms with Crippen LogP contribution in [0.25, 0.3) is 0 Å². The molecule has 9 nitrogen and oxygen atoms in total. The average Bonchev–Trinajstić information content (AvgIpc) is 3.10. The molecule has 1 aliphatic heterocycles. The third-order valence-electron chi connectivity index (χ3n) is 5.72. The highest BCUT2D eigenvalue weighted by Crippen LogP contribution is 2.24. The lowest BCUT2D eigenvalue weighted by molar-refractivity contribution is -0.133. The van der Waals surface area contributed by atoms with Gasteiger partial charge in [0.25, 0.3) is 0 Å². The Bertz CT molecular complexity index is 1220. The van der Waals surface area contributed by atoms with Crippen molar-refractivity contribution in [3.63, 3.8) is 0 Å². The van der Waals surface area contributed by atoms with E-state index >= 15 is 0 Å². The van der Waals surface area contributed by atoms with Crippen LogP contribution in [0.1, 0.15) is 41.7 Å². The van der Waals surface area contributed by atoms with E-state index in [-0.39, 0.29) is 13.0 Å². The largest absolute Gasteiger partial charge is 0.489 e. The number of hydrogen-bond acceptors (Lipinski definition) is 5. The molecule has 0 saturated carbocycles. The molecule has 1 saturated heterocycles. The van der Waals surface area contributed by atoms with Gasteiger partial charge in [-0.25, -0.2) is 14.0 Å². The van der Waals surface area contributed by atoms with E-state index in [1.165, 1.54) is 13.2 Å². The molecule has 1 fully saturated rings. The van der Waals surface area contributed by atoms with Crippen molar-refractivity contribution in [1.29, 1.82) is 0 Å². The first kappa shape index (κ1) is 26.7. The number of carboxylic acids is 1. The first-order chi connectivity index (χ1) is 17.1. The van der Waals surface area contributed by atoms with Crippen molar-refractivity contribution in [3.8, 4) is 0 Å². The third kappa shape index (κ3) is 6.41. The van der Waals surface area contributed by atoms with Crippen molar-refractivity contribution in [1.82, 2.24) is 15.5 Å². The van der Waals surface area contributed by atoms with Crippen molar-refractivity contribution in [2.45, 2.75) is 25.8 Å². The molecule has 36 heavy (non-hydrogen) atoms. The second kappa shape index (κ2) is 11.7. The van der Waals surface area contributed by atoms with E-state index in [2.05, 4.69) is 16.4 Å². The Morgan fingerprint density at radius 2 is 2.11 bits per heavy atom. The molecule has 4 amide bonds. The predicted octanol–water partition coefficient (Wildman–Crippen LogP) is 3.40. The lowest BCUT2D eigenvalue weighted by atomic mass is 9.98. The highest BCUT2D eigenvalue weighted by molar-refractivity contribution is 6.31. The Hall–Kier alpha value is -3.88. The summed E-state index contributed by atoms with van der Waals surface area (Å²) in [5, 5.41) is 14.7. The third-order valence-corrected chi connectivity index (χ3v) is 5.95. The minimum atomic E-state index is -1.41. The quantitative estimate of drug-likeness (QED) is 0.476. The molecule has 0 spiro atoms. The normalized spacial score (nSPS) is 18.7. The molecule has 190 valence electrons. The van der Waals surface area contributed by atoms with Crippen LogP contribution >= 0.6 is 11.6 Å². The van der Waals surface area contributed by atoms with Crippen molar-refractivity contribution >= 4 is 35.4 Å². The fourth-order valence-corrected chi connectivity index (χ4v) is 4.02.